The topological polar surface area (TPSA) is 80.1 Å². The second-order valence-electron chi connectivity index (χ2n) is 7.75. The van der Waals surface area contributed by atoms with Crippen LogP contribution in [0.1, 0.15) is 40.7 Å². The van der Waals surface area contributed by atoms with Crippen molar-refractivity contribution in [1.82, 2.24) is 0 Å². The maximum Gasteiger partial charge on any atom is 0.231 e. The molecule has 30 heavy (non-hydrogen) atoms. The van der Waals surface area contributed by atoms with E-state index < -0.39 is 6.29 Å². The Hall–Kier alpha value is -2.68. The number of hydrogen-bond donors (Lipinski definition) is 2. The molecule has 0 bridgehead atoms. The second kappa shape index (κ2) is 7.23. The molecule has 0 radical (unpaired) electrons. The summed E-state index contributed by atoms with van der Waals surface area (Å²) in [5.41, 5.74) is 3.68. The summed E-state index contributed by atoms with van der Waals surface area (Å²) in [7, 11) is 6.92. The highest BCUT2D eigenvalue weighted by atomic mass is 16.7. The van der Waals surface area contributed by atoms with E-state index in [4.69, 9.17) is 28.4 Å². The molecule has 0 aromatic heterocycles. The second-order valence-corrected chi connectivity index (χ2v) is 7.75. The zero-order valence-electron chi connectivity index (χ0n) is 17.5. The summed E-state index contributed by atoms with van der Waals surface area (Å²) >= 11 is 0. The highest BCUT2D eigenvalue weighted by Crippen LogP contribution is 2.54. The Bertz CT molecular complexity index is 992. The highest BCUT2D eigenvalue weighted by Gasteiger charge is 2.47. The fraction of sp³-hybridized carbons (Fsp3) is 0.455. The van der Waals surface area contributed by atoms with Gasteiger partial charge in [-0.25, -0.2) is 0 Å². The number of aliphatic hydroxyl groups is 1. The quantitative estimate of drug-likeness (QED) is 0.778. The third-order valence-corrected chi connectivity index (χ3v) is 6.33. The molecule has 0 saturated heterocycles. The SMILES string of the molecule is COc1ccc2c(c1OC)[C@H](O)O[C@@H]2[C@H]1c2c(cc3c(c2OC)OCO3)CC[NH+]1C. The average molecular weight is 416 g/mol. The predicted octanol–water partition coefficient (Wildman–Crippen LogP) is 1.32. The van der Waals surface area contributed by atoms with Gasteiger partial charge in [0.2, 0.25) is 12.5 Å². The van der Waals surface area contributed by atoms with Gasteiger partial charge in [0.25, 0.3) is 0 Å². The minimum Gasteiger partial charge on any atom is -0.493 e. The third kappa shape index (κ3) is 2.64. The molecule has 8 nitrogen and oxygen atoms in total. The van der Waals surface area contributed by atoms with E-state index in [9.17, 15) is 5.11 Å². The Balaban J connectivity index is 1.68. The van der Waals surface area contributed by atoms with Crippen LogP contribution in [0.3, 0.4) is 0 Å². The van der Waals surface area contributed by atoms with Crippen molar-refractivity contribution in [3.63, 3.8) is 0 Å². The van der Waals surface area contributed by atoms with Crippen molar-refractivity contribution in [2.24, 2.45) is 0 Å². The number of quaternary nitrogens is 1. The van der Waals surface area contributed by atoms with E-state index in [0.29, 0.717) is 34.3 Å². The summed E-state index contributed by atoms with van der Waals surface area (Å²) in [5.74, 6) is 3.07. The number of fused-ring (bicyclic) bond motifs is 3. The zero-order valence-corrected chi connectivity index (χ0v) is 17.5. The summed E-state index contributed by atoms with van der Waals surface area (Å²) in [6, 6.07) is 5.73. The maximum absolute atomic E-state index is 10.8. The predicted molar refractivity (Wildman–Crippen MR) is 106 cm³/mol. The van der Waals surface area contributed by atoms with Crippen LogP contribution in [0.5, 0.6) is 28.7 Å². The Morgan fingerprint density at radius 1 is 1.03 bits per heavy atom. The molecule has 1 unspecified atom stereocenters. The van der Waals surface area contributed by atoms with Crippen LogP contribution in [-0.4, -0.2) is 46.8 Å². The molecule has 2 aromatic carbocycles. The van der Waals surface area contributed by atoms with Gasteiger partial charge < -0.3 is 38.4 Å². The maximum atomic E-state index is 10.8. The fourth-order valence-corrected chi connectivity index (χ4v) is 4.98. The molecule has 0 aliphatic carbocycles. The van der Waals surface area contributed by atoms with Gasteiger partial charge >= 0.3 is 0 Å². The molecule has 3 aliphatic rings. The summed E-state index contributed by atoms with van der Waals surface area (Å²) in [6.45, 7) is 1.10. The van der Waals surface area contributed by atoms with Gasteiger partial charge in [0.1, 0.15) is 12.1 Å². The third-order valence-electron chi connectivity index (χ3n) is 6.33. The van der Waals surface area contributed by atoms with Gasteiger partial charge in [-0.1, -0.05) is 6.07 Å². The van der Waals surface area contributed by atoms with Gasteiger partial charge in [-0.05, 0) is 23.3 Å². The van der Waals surface area contributed by atoms with Gasteiger partial charge in [-0.15, -0.1) is 0 Å². The number of nitrogens with one attached hydrogen (secondary N) is 1. The normalized spacial score (nSPS) is 26.2. The monoisotopic (exact) mass is 416 g/mol. The van der Waals surface area contributed by atoms with Crippen LogP contribution in [0.4, 0.5) is 0 Å². The standard InChI is InChI=1S/C22H25NO7/c1-23-8-7-11-9-14-20(29-10-28-14)21(27-4)15(11)17(23)18-12-5-6-13(25-2)19(26-3)16(12)22(24)30-18/h5-6,9,17-18,22,24H,7-8,10H2,1-4H3/p+1/t17-,18+,22-/m1/s1. The van der Waals surface area contributed by atoms with E-state index in [0.717, 1.165) is 29.7 Å². The first-order valence-electron chi connectivity index (χ1n) is 9.99. The molecule has 0 amide bonds. The lowest BCUT2D eigenvalue weighted by atomic mass is 9.85. The van der Waals surface area contributed by atoms with Gasteiger partial charge in [-0.3, -0.25) is 0 Å². The largest absolute Gasteiger partial charge is 0.493 e. The zero-order chi connectivity index (χ0) is 21.0. The van der Waals surface area contributed by atoms with Gasteiger partial charge in [0.05, 0.1) is 46.0 Å². The minimum absolute atomic E-state index is 0.104. The highest BCUT2D eigenvalue weighted by molar-refractivity contribution is 5.62. The van der Waals surface area contributed by atoms with Crippen LogP contribution in [-0.2, 0) is 11.2 Å². The van der Waals surface area contributed by atoms with Crippen molar-refractivity contribution in [3.05, 3.63) is 40.5 Å². The number of methoxy groups -OCH3 is 3. The molecule has 0 spiro atoms. The number of benzene rings is 2. The first kappa shape index (κ1) is 19.3. The molecule has 3 aliphatic heterocycles. The molecule has 5 rings (SSSR count). The summed E-state index contributed by atoms with van der Waals surface area (Å²) in [5, 5.41) is 10.8. The van der Waals surface area contributed by atoms with Crippen molar-refractivity contribution < 1.29 is 38.4 Å². The van der Waals surface area contributed by atoms with E-state index in [2.05, 4.69) is 7.05 Å². The molecule has 0 saturated carbocycles. The van der Waals surface area contributed by atoms with E-state index in [1.165, 1.54) is 4.90 Å². The lowest BCUT2D eigenvalue weighted by molar-refractivity contribution is -0.919. The van der Waals surface area contributed by atoms with Crippen LogP contribution in [0.2, 0.25) is 0 Å². The number of aliphatic hydroxyl groups excluding tert-OH is 1. The van der Waals surface area contributed by atoms with Crippen molar-refractivity contribution in [3.8, 4) is 28.7 Å². The Labute approximate surface area is 174 Å². The average Bonchev–Trinajstić information content (AvgIpc) is 3.35. The molecule has 2 aromatic rings. The number of rotatable bonds is 4. The van der Waals surface area contributed by atoms with E-state index in [-0.39, 0.29) is 18.9 Å². The van der Waals surface area contributed by atoms with Crippen molar-refractivity contribution in [2.75, 3.05) is 41.7 Å². The Kier molecular flexibility index (Phi) is 4.65. The van der Waals surface area contributed by atoms with Crippen LogP contribution >= 0.6 is 0 Å². The van der Waals surface area contributed by atoms with Crippen LogP contribution in [0.25, 0.3) is 0 Å². The number of ether oxygens (including phenoxy) is 6. The Morgan fingerprint density at radius 2 is 1.83 bits per heavy atom. The lowest BCUT2D eigenvalue weighted by Gasteiger charge is -2.36. The fourth-order valence-electron chi connectivity index (χ4n) is 4.98. The van der Waals surface area contributed by atoms with Crippen LogP contribution in [0, 0.1) is 0 Å². The number of likely N-dealkylation sites (N-methyl/N-ethyl adjacent to an activating group) is 1. The first-order valence-corrected chi connectivity index (χ1v) is 9.99. The summed E-state index contributed by atoms with van der Waals surface area (Å²) in [4.78, 5) is 1.26. The minimum atomic E-state index is -1.10. The molecule has 2 N–H and O–H groups in total. The molecule has 3 heterocycles. The van der Waals surface area contributed by atoms with E-state index in [1.807, 2.05) is 18.2 Å². The summed E-state index contributed by atoms with van der Waals surface area (Å²) in [6.07, 6.45) is -0.602. The van der Waals surface area contributed by atoms with Crippen LogP contribution < -0.4 is 28.6 Å². The molecule has 0 fully saturated rings. The van der Waals surface area contributed by atoms with E-state index in [1.54, 1.807) is 21.3 Å². The van der Waals surface area contributed by atoms with Gasteiger partial charge in [0, 0.05) is 6.42 Å². The molecule has 8 heteroatoms. The van der Waals surface area contributed by atoms with Crippen molar-refractivity contribution >= 4 is 0 Å². The van der Waals surface area contributed by atoms with Crippen molar-refractivity contribution in [2.45, 2.75) is 24.9 Å². The first-order chi connectivity index (χ1) is 14.6. The molecular weight excluding hydrogens is 390 g/mol. The number of hydrogen-bond acceptors (Lipinski definition) is 7. The Morgan fingerprint density at radius 3 is 2.57 bits per heavy atom. The smallest absolute Gasteiger partial charge is 0.231 e. The summed E-state index contributed by atoms with van der Waals surface area (Å²) < 4.78 is 34.2. The van der Waals surface area contributed by atoms with Gasteiger partial charge in [-0.2, -0.15) is 0 Å². The molecular formula is C22H26NO7+. The van der Waals surface area contributed by atoms with Crippen molar-refractivity contribution in [1.29, 1.82) is 0 Å². The lowest BCUT2D eigenvalue weighted by Crippen LogP contribution is -3.11. The van der Waals surface area contributed by atoms with E-state index >= 15 is 0 Å². The van der Waals surface area contributed by atoms with Crippen LogP contribution in [0.15, 0.2) is 18.2 Å². The van der Waals surface area contributed by atoms with Gasteiger partial charge in [0.15, 0.2) is 29.3 Å². The molecule has 160 valence electrons. The molecule has 4 atom stereocenters.